The Hall–Kier alpha value is -0.180. The van der Waals surface area contributed by atoms with E-state index < -0.39 is 0 Å². The van der Waals surface area contributed by atoms with Gasteiger partial charge in [-0.05, 0) is 18.8 Å². The molecule has 1 aliphatic carbocycles. The summed E-state index contributed by atoms with van der Waals surface area (Å²) in [7, 11) is 3.57. The third-order valence-electron chi connectivity index (χ3n) is 4.84. The number of aliphatic imine (C=N–C) groups is 1. The minimum atomic E-state index is 0. The van der Waals surface area contributed by atoms with Gasteiger partial charge in [-0.25, -0.2) is 4.99 Å². The third kappa shape index (κ3) is 7.15. The standard InChI is InChI=1S/C18H34N4OS.HI/c1-15(2)12-19-17(20-13-16(23)21(3)4)22-10-11-24-18(14-22)8-6-5-7-9-18;/h15H,5-14H2,1-4H3,(H,19,20);1H. The maximum Gasteiger partial charge on any atom is 0.243 e. The maximum absolute atomic E-state index is 11.9. The molecule has 1 spiro atoms. The van der Waals surface area contributed by atoms with Crippen LogP contribution < -0.4 is 5.32 Å². The normalized spacial score (nSPS) is 20.4. The van der Waals surface area contributed by atoms with Crippen molar-refractivity contribution in [2.24, 2.45) is 10.9 Å². The van der Waals surface area contributed by atoms with Crippen LogP contribution in [0.25, 0.3) is 0 Å². The second kappa shape index (κ2) is 10.8. The summed E-state index contributed by atoms with van der Waals surface area (Å²) in [5, 5.41) is 3.50. The van der Waals surface area contributed by atoms with Crippen molar-refractivity contribution in [2.45, 2.75) is 50.7 Å². The van der Waals surface area contributed by atoms with Crippen molar-refractivity contribution < 1.29 is 4.79 Å². The first-order valence-electron chi connectivity index (χ1n) is 9.29. The average Bonchev–Trinajstić information content (AvgIpc) is 2.55. The van der Waals surface area contributed by atoms with E-state index in [4.69, 9.17) is 0 Å². The molecule has 7 heteroatoms. The smallest absolute Gasteiger partial charge is 0.243 e. The molecule has 0 aromatic heterocycles. The second-order valence-electron chi connectivity index (χ2n) is 7.72. The molecule has 1 aliphatic heterocycles. The molecule has 2 rings (SSSR count). The van der Waals surface area contributed by atoms with E-state index in [1.54, 1.807) is 19.0 Å². The summed E-state index contributed by atoms with van der Waals surface area (Å²) in [5.41, 5.74) is 0. The van der Waals surface area contributed by atoms with E-state index in [1.165, 1.54) is 32.1 Å². The van der Waals surface area contributed by atoms with Gasteiger partial charge >= 0.3 is 0 Å². The van der Waals surface area contributed by atoms with Gasteiger partial charge in [0.2, 0.25) is 5.91 Å². The number of carbonyl (C=O) groups excluding carboxylic acids is 1. The first-order valence-corrected chi connectivity index (χ1v) is 10.3. The molecular formula is C18H35IN4OS. The number of thioether (sulfide) groups is 1. The van der Waals surface area contributed by atoms with E-state index in [2.05, 4.69) is 40.8 Å². The fourth-order valence-corrected chi connectivity index (χ4v) is 4.94. The van der Waals surface area contributed by atoms with Crippen molar-refractivity contribution in [1.29, 1.82) is 0 Å². The van der Waals surface area contributed by atoms with Crippen molar-refractivity contribution in [3.63, 3.8) is 0 Å². The number of likely N-dealkylation sites (N-methyl/N-ethyl adjacent to an activating group) is 1. The van der Waals surface area contributed by atoms with Crippen molar-refractivity contribution in [1.82, 2.24) is 15.1 Å². The van der Waals surface area contributed by atoms with Crippen molar-refractivity contribution >= 4 is 47.6 Å². The quantitative estimate of drug-likeness (QED) is 0.380. The van der Waals surface area contributed by atoms with Gasteiger partial charge in [-0.3, -0.25) is 4.79 Å². The van der Waals surface area contributed by atoms with Gasteiger partial charge in [0, 0.05) is 44.2 Å². The van der Waals surface area contributed by atoms with Crippen LogP contribution in [0.5, 0.6) is 0 Å². The molecule has 1 N–H and O–H groups in total. The number of hydrogen-bond acceptors (Lipinski definition) is 3. The van der Waals surface area contributed by atoms with Crippen LogP contribution in [0.1, 0.15) is 46.0 Å². The van der Waals surface area contributed by atoms with Crippen LogP contribution in [0, 0.1) is 5.92 Å². The van der Waals surface area contributed by atoms with Gasteiger partial charge in [-0.2, -0.15) is 11.8 Å². The third-order valence-corrected chi connectivity index (χ3v) is 6.38. The lowest BCUT2D eigenvalue weighted by atomic mass is 9.87. The Morgan fingerprint density at radius 1 is 1.28 bits per heavy atom. The first kappa shape index (κ1) is 22.9. The zero-order chi connectivity index (χ0) is 17.6. The number of amides is 1. The summed E-state index contributed by atoms with van der Waals surface area (Å²) in [6.07, 6.45) is 6.73. The van der Waals surface area contributed by atoms with Crippen LogP contribution in [-0.4, -0.2) is 72.4 Å². The zero-order valence-electron chi connectivity index (χ0n) is 16.2. The summed E-state index contributed by atoms with van der Waals surface area (Å²) in [5.74, 6) is 2.69. The van der Waals surface area contributed by atoms with E-state index in [0.29, 0.717) is 10.7 Å². The number of carbonyl (C=O) groups is 1. The van der Waals surface area contributed by atoms with Gasteiger partial charge in [0.25, 0.3) is 0 Å². The highest BCUT2D eigenvalue weighted by atomic mass is 127. The molecule has 1 saturated carbocycles. The highest BCUT2D eigenvalue weighted by Gasteiger charge is 2.38. The van der Waals surface area contributed by atoms with Crippen LogP contribution in [0.4, 0.5) is 0 Å². The zero-order valence-corrected chi connectivity index (χ0v) is 19.4. The molecule has 146 valence electrons. The van der Waals surface area contributed by atoms with Gasteiger partial charge < -0.3 is 15.1 Å². The summed E-state index contributed by atoms with van der Waals surface area (Å²) < 4.78 is 0.405. The Kier molecular flexibility index (Phi) is 9.92. The molecule has 0 aromatic rings. The fraction of sp³-hybridized carbons (Fsp3) is 0.889. The van der Waals surface area contributed by atoms with Crippen molar-refractivity contribution in [2.75, 3.05) is 46.0 Å². The molecule has 0 aromatic carbocycles. The molecular weight excluding hydrogens is 447 g/mol. The van der Waals surface area contributed by atoms with Gasteiger partial charge in [-0.1, -0.05) is 33.1 Å². The van der Waals surface area contributed by atoms with Crippen molar-refractivity contribution in [3.05, 3.63) is 0 Å². The number of hydrogen-bond donors (Lipinski definition) is 1. The number of halogens is 1. The van der Waals surface area contributed by atoms with Gasteiger partial charge in [-0.15, -0.1) is 24.0 Å². The monoisotopic (exact) mass is 482 g/mol. The average molecular weight is 482 g/mol. The first-order chi connectivity index (χ1) is 11.4. The number of guanidine groups is 1. The summed E-state index contributed by atoms with van der Waals surface area (Å²) in [6.45, 7) is 7.61. The molecule has 0 radical (unpaired) electrons. The van der Waals surface area contributed by atoms with E-state index in [1.807, 2.05) is 0 Å². The molecule has 2 aliphatic rings. The lowest BCUT2D eigenvalue weighted by molar-refractivity contribution is -0.127. The minimum absolute atomic E-state index is 0. The number of rotatable bonds is 4. The molecule has 1 amide bonds. The molecule has 5 nitrogen and oxygen atoms in total. The Labute approximate surface area is 174 Å². The highest BCUT2D eigenvalue weighted by molar-refractivity contribution is 14.0. The van der Waals surface area contributed by atoms with E-state index in [-0.39, 0.29) is 36.4 Å². The molecule has 25 heavy (non-hydrogen) atoms. The Morgan fingerprint density at radius 3 is 2.56 bits per heavy atom. The molecule has 2 fully saturated rings. The SMILES string of the molecule is CC(C)CNC(=NCC(=O)N(C)C)N1CCSC2(CCCCC2)C1.I. The second-order valence-corrected chi connectivity index (χ2v) is 9.28. The summed E-state index contributed by atoms with van der Waals surface area (Å²) in [6, 6.07) is 0. The molecule has 1 saturated heterocycles. The highest BCUT2D eigenvalue weighted by Crippen LogP contribution is 2.42. The maximum atomic E-state index is 11.9. The summed E-state index contributed by atoms with van der Waals surface area (Å²) >= 11 is 2.16. The summed E-state index contributed by atoms with van der Waals surface area (Å²) in [4.78, 5) is 20.6. The molecule has 1 heterocycles. The van der Waals surface area contributed by atoms with Crippen LogP contribution >= 0.6 is 35.7 Å². The van der Waals surface area contributed by atoms with Gasteiger partial charge in [0.15, 0.2) is 5.96 Å². The molecule has 0 bridgehead atoms. The van der Waals surface area contributed by atoms with E-state index in [9.17, 15) is 4.79 Å². The van der Waals surface area contributed by atoms with Crippen LogP contribution in [0.3, 0.4) is 0 Å². The fourth-order valence-electron chi connectivity index (χ4n) is 3.37. The predicted octanol–water partition coefficient (Wildman–Crippen LogP) is 3.05. The predicted molar refractivity (Wildman–Crippen MR) is 119 cm³/mol. The van der Waals surface area contributed by atoms with Crippen molar-refractivity contribution in [3.8, 4) is 0 Å². The van der Waals surface area contributed by atoms with Crippen LogP contribution in [0.15, 0.2) is 4.99 Å². The number of nitrogens with zero attached hydrogens (tertiary/aromatic N) is 3. The largest absolute Gasteiger partial charge is 0.356 e. The van der Waals surface area contributed by atoms with Gasteiger partial charge in [0.1, 0.15) is 6.54 Å². The minimum Gasteiger partial charge on any atom is -0.356 e. The lowest BCUT2D eigenvalue weighted by Crippen LogP contribution is -2.54. The van der Waals surface area contributed by atoms with E-state index >= 15 is 0 Å². The van der Waals surface area contributed by atoms with Crippen LogP contribution in [0.2, 0.25) is 0 Å². The topological polar surface area (TPSA) is 47.9 Å². The van der Waals surface area contributed by atoms with Crippen LogP contribution in [-0.2, 0) is 4.79 Å². The lowest BCUT2D eigenvalue weighted by Gasteiger charge is -2.45. The van der Waals surface area contributed by atoms with Gasteiger partial charge in [0.05, 0.1) is 0 Å². The van der Waals surface area contributed by atoms with E-state index in [0.717, 1.165) is 31.3 Å². The number of nitrogens with one attached hydrogen (secondary N) is 1. The Bertz CT molecular complexity index is 445. The Balaban J connectivity index is 0.00000312. The molecule has 0 unspecified atom stereocenters. The molecule has 0 atom stereocenters. The Morgan fingerprint density at radius 2 is 1.96 bits per heavy atom.